The van der Waals surface area contributed by atoms with E-state index in [9.17, 15) is 0 Å². The molecule has 0 aromatic carbocycles. The van der Waals surface area contributed by atoms with Crippen molar-refractivity contribution in [2.75, 3.05) is 7.05 Å². The zero-order valence-corrected chi connectivity index (χ0v) is 11.8. The van der Waals surface area contributed by atoms with Gasteiger partial charge in [-0.3, -0.25) is 15.0 Å². The van der Waals surface area contributed by atoms with Crippen molar-refractivity contribution in [1.29, 1.82) is 0 Å². The Morgan fingerprint density at radius 1 is 1.32 bits per heavy atom. The minimum atomic E-state index is 0.302. The van der Waals surface area contributed by atoms with E-state index in [0.29, 0.717) is 6.04 Å². The van der Waals surface area contributed by atoms with Gasteiger partial charge in [0.1, 0.15) is 11.6 Å². The summed E-state index contributed by atoms with van der Waals surface area (Å²) in [5.74, 6) is 1.78. The molecule has 0 fully saturated rings. The molecule has 0 bridgehead atoms. The van der Waals surface area contributed by atoms with E-state index in [2.05, 4.69) is 52.0 Å². The zero-order valence-electron chi connectivity index (χ0n) is 11.8. The third kappa shape index (κ3) is 3.38. The van der Waals surface area contributed by atoms with E-state index in [4.69, 9.17) is 0 Å². The molecule has 0 aliphatic carbocycles. The fourth-order valence-corrected chi connectivity index (χ4v) is 2.23. The van der Waals surface area contributed by atoms with E-state index in [0.717, 1.165) is 36.7 Å². The highest BCUT2D eigenvalue weighted by molar-refractivity contribution is 5.08. The number of aromatic amines is 1. The highest BCUT2D eigenvalue weighted by atomic mass is 15.3. The molecule has 0 saturated carbocycles. The number of nitrogens with zero attached hydrogens (tertiary/aromatic N) is 4. The second-order valence-electron chi connectivity index (χ2n) is 4.65. The van der Waals surface area contributed by atoms with Crippen molar-refractivity contribution in [1.82, 2.24) is 25.1 Å². The van der Waals surface area contributed by atoms with Crippen LogP contribution in [0.3, 0.4) is 0 Å². The summed E-state index contributed by atoms with van der Waals surface area (Å²) in [4.78, 5) is 11.1. The van der Waals surface area contributed by atoms with E-state index in [1.807, 2.05) is 18.3 Å². The van der Waals surface area contributed by atoms with E-state index in [1.54, 1.807) is 0 Å². The van der Waals surface area contributed by atoms with Gasteiger partial charge >= 0.3 is 0 Å². The van der Waals surface area contributed by atoms with Gasteiger partial charge in [-0.05, 0) is 25.6 Å². The van der Waals surface area contributed by atoms with Gasteiger partial charge in [0.05, 0.1) is 18.3 Å². The van der Waals surface area contributed by atoms with Gasteiger partial charge in [0.25, 0.3) is 0 Å². The summed E-state index contributed by atoms with van der Waals surface area (Å²) in [6, 6.07) is 6.35. The number of nitrogens with one attached hydrogen (secondary N) is 1. The minimum absolute atomic E-state index is 0.302. The molecule has 0 unspecified atom stereocenters. The Kier molecular flexibility index (Phi) is 4.63. The molecule has 2 rings (SSSR count). The predicted octanol–water partition coefficient (Wildman–Crippen LogP) is 2.35. The van der Waals surface area contributed by atoms with Crippen LogP contribution >= 0.6 is 0 Å². The second-order valence-corrected chi connectivity index (χ2v) is 4.65. The lowest BCUT2D eigenvalue weighted by atomic mass is 10.1. The van der Waals surface area contributed by atoms with Crippen molar-refractivity contribution in [3.63, 3.8) is 0 Å². The van der Waals surface area contributed by atoms with Crippen LogP contribution in [0.4, 0.5) is 0 Å². The number of aryl methyl sites for hydroxylation is 1. The summed E-state index contributed by atoms with van der Waals surface area (Å²) in [5.41, 5.74) is 1.10. The smallest absolute Gasteiger partial charge is 0.150 e. The fraction of sp³-hybridized carbons (Fsp3) is 0.500. The van der Waals surface area contributed by atoms with Crippen LogP contribution in [0.15, 0.2) is 24.4 Å². The Bertz CT molecular complexity index is 494. The maximum atomic E-state index is 4.45. The molecule has 5 nitrogen and oxygen atoms in total. The number of H-pyrrole nitrogens is 1. The quantitative estimate of drug-likeness (QED) is 0.865. The molecule has 0 aliphatic rings. The molecule has 0 aliphatic heterocycles. The number of rotatable bonds is 6. The molecule has 2 aromatic rings. The number of hydrogen-bond donors (Lipinski definition) is 1. The highest BCUT2D eigenvalue weighted by Gasteiger charge is 2.17. The normalized spacial score (nSPS) is 12.8. The topological polar surface area (TPSA) is 57.7 Å². The molecular formula is C14H21N5. The van der Waals surface area contributed by atoms with Crippen LogP contribution in [0.25, 0.3) is 0 Å². The summed E-state index contributed by atoms with van der Waals surface area (Å²) >= 11 is 0. The average Bonchev–Trinajstić information content (AvgIpc) is 2.88. The molecule has 0 amide bonds. The van der Waals surface area contributed by atoms with Crippen LogP contribution in [0.1, 0.15) is 43.7 Å². The first-order chi connectivity index (χ1) is 9.24. The molecule has 2 aromatic heterocycles. The summed E-state index contributed by atoms with van der Waals surface area (Å²) < 4.78 is 0. The molecular weight excluding hydrogens is 238 g/mol. The van der Waals surface area contributed by atoms with Gasteiger partial charge < -0.3 is 0 Å². The largest absolute Gasteiger partial charge is 0.290 e. The Morgan fingerprint density at radius 2 is 2.16 bits per heavy atom. The van der Waals surface area contributed by atoms with E-state index in [-0.39, 0.29) is 0 Å². The van der Waals surface area contributed by atoms with Crippen LogP contribution < -0.4 is 0 Å². The highest BCUT2D eigenvalue weighted by Crippen LogP contribution is 2.21. The molecule has 0 saturated heterocycles. The first kappa shape index (κ1) is 13.7. The molecule has 0 radical (unpaired) electrons. The van der Waals surface area contributed by atoms with Crippen molar-refractivity contribution in [3.05, 3.63) is 41.7 Å². The van der Waals surface area contributed by atoms with Gasteiger partial charge in [0.2, 0.25) is 0 Å². The van der Waals surface area contributed by atoms with Crippen molar-refractivity contribution in [2.45, 2.75) is 39.3 Å². The fourth-order valence-electron chi connectivity index (χ4n) is 2.23. The monoisotopic (exact) mass is 259 g/mol. The molecule has 102 valence electrons. The Hall–Kier alpha value is -1.75. The Balaban J connectivity index is 2.06. The predicted molar refractivity (Wildman–Crippen MR) is 74.5 cm³/mol. The van der Waals surface area contributed by atoms with Crippen LogP contribution in [-0.2, 0) is 13.0 Å². The average molecular weight is 259 g/mol. The molecule has 0 spiro atoms. The lowest BCUT2D eigenvalue weighted by Gasteiger charge is -2.25. The molecule has 5 heteroatoms. The van der Waals surface area contributed by atoms with Crippen molar-refractivity contribution in [2.24, 2.45) is 0 Å². The lowest BCUT2D eigenvalue weighted by molar-refractivity contribution is 0.221. The van der Waals surface area contributed by atoms with Gasteiger partial charge in [-0.15, -0.1) is 0 Å². The van der Waals surface area contributed by atoms with Crippen LogP contribution in [-0.4, -0.2) is 32.1 Å². The van der Waals surface area contributed by atoms with Gasteiger partial charge in [-0.2, -0.15) is 5.10 Å². The SMILES string of the molecule is CCc1n[nH]c(CN(C)[C@H](CC)c2ccccn2)n1. The first-order valence-corrected chi connectivity index (χ1v) is 6.75. The number of aromatic nitrogens is 4. The second kappa shape index (κ2) is 6.43. The summed E-state index contributed by atoms with van der Waals surface area (Å²) in [7, 11) is 2.09. The summed E-state index contributed by atoms with van der Waals surface area (Å²) in [6.45, 7) is 4.98. The van der Waals surface area contributed by atoms with E-state index >= 15 is 0 Å². The van der Waals surface area contributed by atoms with Crippen LogP contribution in [0.5, 0.6) is 0 Å². The minimum Gasteiger partial charge on any atom is -0.290 e. The summed E-state index contributed by atoms with van der Waals surface area (Å²) in [6.07, 6.45) is 3.72. The van der Waals surface area contributed by atoms with Gasteiger partial charge in [0.15, 0.2) is 0 Å². The maximum absolute atomic E-state index is 4.45. The van der Waals surface area contributed by atoms with Crippen molar-refractivity contribution < 1.29 is 0 Å². The lowest BCUT2D eigenvalue weighted by Crippen LogP contribution is -2.25. The third-order valence-electron chi connectivity index (χ3n) is 3.24. The van der Waals surface area contributed by atoms with Crippen LogP contribution in [0.2, 0.25) is 0 Å². The van der Waals surface area contributed by atoms with Gasteiger partial charge in [-0.25, -0.2) is 4.98 Å². The standard InChI is InChI=1S/C14H21N5/c1-4-12(11-8-6-7-9-15-11)19(3)10-14-16-13(5-2)17-18-14/h6-9,12H,4-5,10H2,1-3H3,(H,16,17,18)/t12-/m1/s1. The van der Waals surface area contributed by atoms with E-state index < -0.39 is 0 Å². The number of pyridine rings is 1. The first-order valence-electron chi connectivity index (χ1n) is 6.75. The number of hydrogen-bond acceptors (Lipinski definition) is 4. The van der Waals surface area contributed by atoms with Crippen LogP contribution in [0, 0.1) is 0 Å². The summed E-state index contributed by atoms with van der Waals surface area (Å²) in [5, 5.41) is 7.16. The molecule has 1 N–H and O–H groups in total. The molecule has 2 heterocycles. The zero-order chi connectivity index (χ0) is 13.7. The van der Waals surface area contributed by atoms with Gasteiger partial charge in [0, 0.05) is 12.6 Å². The third-order valence-corrected chi connectivity index (χ3v) is 3.24. The Morgan fingerprint density at radius 3 is 2.74 bits per heavy atom. The van der Waals surface area contributed by atoms with Gasteiger partial charge in [-0.1, -0.05) is 19.9 Å². The van der Waals surface area contributed by atoms with E-state index in [1.165, 1.54) is 0 Å². The molecule has 19 heavy (non-hydrogen) atoms. The maximum Gasteiger partial charge on any atom is 0.150 e. The Labute approximate surface area is 114 Å². The molecule has 1 atom stereocenters. The van der Waals surface area contributed by atoms with Crippen molar-refractivity contribution >= 4 is 0 Å². The van der Waals surface area contributed by atoms with Crippen molar-refractivity contribution in [3.8, 4) is 0 Å².